The fourth-order valence-electron chi connectivity index (χ4n) is 3.69. The number of rotatable bonds is 6. The number of likely N-dealkylation sites (tertiary alicyclic amines) is 1. The van der Waals surface area contributed by atoms with Crippen LogP contribution in [0.4, 0.5) is 0 Å². The van der Waals surface area contributed by atoms with Gasteiger partial charge in [0.05, 0.1) is 12.2 Å². The number of hydrogen-bond acceptors (Lipinski definition) is 5. The Morgan fingerprint density at radius 3 is 2.96 bits per heavy atom. The molecule has 7 nitrogen and oxygen atoms in total. The van der Waals surface area contributed by atoms with Crippen molar-refractivity contribution < 1.29 is 4.79 Å². The summed E-state index contributed by atoms with van der Waals surface area (Å²) in [7, 11) is 0. The van der Waals surface area contributed by atoms with E-state index in [0.29, 0.717) is 24.3 Å². The standard InChI is InChI=1S/C17H30N6O/c1-14-5-2-3-11-22(14)12-4-8-19-17(24)16-13-23(21-20-16)15-6-9-18-10-7-15/h13-15,18H,2-12H2,1H3,(H,19,24). The molecule has 24 heavy (non-hydrogen) atoms. The first-order valence-electron chi connectivity index (χ1n) is 9.39. The minimum absolute atomic E-state index is 0.109. The van der Waals surface area contributed by atoms with Crippen molar-refractivity contribution in [2.75, 3.05) is 32.7 Å². The highest BCUT2D eigenvalue weighted by molar-refractivity contribution is 5.91. The second-order valence-electron chi connectivity index (χ2n) is 7.06. The zero-order valence-electron chi connectivity index (χ0n) is 14.7. The van der Waals surface area contributed by atoms with Crippen LogP contribution in [-0.4, -0.2) is 64.6 Å². The van der Waals surface area contributed by atoms with Crippen LogP contribution in [0.2, 0.25) is 0 Å². The number of nitrogens with zero attached hydrogens (tertiary/aromatic N) is 4. The van der Waals surface area contributed by atoms with Gasteiger partial charge in [0.25, 0.3) is 5.91 Å². The van der Waals surface area contributed by atoms with Crippen LogP contribution in [0, 0.1) is 0 Å². The molecular formula is C17H30N6O. The SMILES string of the molecule is CC1CCCCN1CCCNC(=O)c1cn(C2CCNCC2)nn1. The third-order valence-corrected chi connectivity index (χ3v) is 5.27. The summed E-state index contributed by atoms with van der Waals surface area (Å²) in [5.74, 6) is -0.109. The Bertz CT molecular complexity index is 525. The van der Waals surface area contributed by atoms with Gasteiger partial charge in [-0.2, -0.15) is 0 Å². The van der Waals surface area contributed by atoms with Gasteiger partial charge in [-0.05, 0) is 58.7 Å². The Balaban J connectivity index is 1.39. The number of aromatic nitrogens is 3. The highest BCUT2D eigenvalue weighted by atomic mass is 16.2. The summed E-state index contributed by atoms with van der Waals surface area (Å²) in [6.45, 7) is 7.25. The molecule has 2 aliphatic rings. The first kappa shape index (κ1) is 17.4. The summed E-state index contributed by atoms with van der Waals surface area (Å²) in [4.78, 5) is 14.7. The minimum Gasteiger partial charge on any atom is -0.351 e. The lowest BCUT2D eigenvalue weighted by Crippen LogP contribution is -2.39. The summed E-state index contributed by atoms with van der Waals surface area (Å²) in [5.41, 5.74) is 0.430. The van der Waals surface area contributed by atoms with Gasteiger partial charge in [-0.1, -0.05) is 11.6 Å². The molecule has 2 N–H and O–H groups in total. The molecule has 1 aromatic heterocycles. The van der Waals surface area contributed by atoms with Crippen LogP contribution in [0.1, 0.15) is 62.0 Å². The fourth-order valence-corrected chi connectivity index (χ4v) is 3.69. The fraction of sp³-hybridized carbons (Fsp3) is 0.824. The van der Waals surface area contributed by atoms with E-state index in [9.17, 15) is 4.79 Å². The van der Waals surface area contributed by atoms with E-state index in [2.05, 4.69) is 32.8 Å². The molecule has 0 spiro atoms. The molecular weight excluding hydrogens is 304 g/mol. The van der Waals surface area contributed by atoms with Crippen molar-refractivity contribution in [3.8, 4) is 0 Å². The Kier molecular flexibility index (Phi) is 6.20. The van der Waals surface area contributed by atoms with Crippen LogP contribution >= 0.6 is 0 Å². The Labute approximate surface area is 144 Å². The van der Waals surface area contributed by atoms with Gasteiger partial charge in [0.1, 0.15) is 0 Å². The number of hydrogen-bond donors (Lipinski definition) is 2. The van der Waals surface area contributed by atoms with Crippen molar-refractivity contribution >= 4 is 5.91 Å². The summed E-state index contributed by atoms with van der Waals surface area (Å²) < 4.78 is 1.85. The van der Waals surface area contributed by atoms with Crippen molar-refractivity contribution in [1.29, 1.82) is 0 Å². The predicted octanol–water partition coefficient (Wildman–Crippen LogP) is 1.20. The van der Waals surface area contributed by atoms with Gasteiger partial charge >= 0.3 is 0 Å². The largest absolute Gasteiger partial charge is 0.351 e. The molecule has 3 rings (SSSR count). The second-order valence-corrected chi connectivity index (χ2v) is 7.06. The van der Waals surface area contributed by atoms with E-state index in [0.717, 1.165) is 38.9 Å². The molecule has 0 bridgehead atoms. The van der Waals surface area contributed by atoms with Gasteiger partial charge in [0.15, 0.2) is 5.69 Å². The topological polar surface area (TPSA) is 75.1 Å². The lowest BCUT2D eigenvalue weighted by Gasteiger charge is -2.33. The Morgan fingerprint density at radius 1 is 1.33 bits per heavy atom. The lowest BCUT2D eigenvalue weighted by molar-refractivity contribution is 0.0944. The van der Waals surface area contributed by atoms with Crippen LogP contribution in [0.25, 0.3) is 0 Å². The van der Waals surface area contributed by atoms with Crippen LogP contribution in [0.5, 0.6) is 0 Å². The van der Waals surface area contributed by atoms with E-state index < -0.39 is 0 Å². The van der Waals surface area contributed by atoms with E-state index in [-0.39, 0.29) is 5.91 Å². The van der Waals surface area contributed by atoms with Crippen molar-refractivity contribution in [2.24, 2.45) is 0 Å². The summed E-state index contributed by atoms with van der Waals surface area (Å²) in [5, 5.41) is 14.5. The van der Waals surface area contributed by atoms with Gasteiger partial charge in [-0.25, -0.2) is 4.68 Å². The molecule has 3 heterocycles. The maximum Gasteiger partial charge on any atom is 0.273 e. The molecule has 0 saturated carbocycles. The minimum atomic E-state index is -0.109. The van der Waals surface area contributed by atoms with Crippen molar-refractivity contribution in [3.05, 3.63) is 11.9 Å². The smallest absolute Gasteiger partial charge is 0.273 e. The van der Waals surface area contributed by atoms with Crippen LogP contribution in [0.3, 0.4) is 0 Å². The Morgan fingerprint density at radius 2 is 2.17 bits per heavy atom. The maximum atomic E-state index is 12.2. The van der Waals surface area contributed by atoms with E-state index in [1.54, 1.807) is 6.20 Å². The third kappa shape index (κ3) is 4.54. The molecule has 134 valence electrons. The molecule has 0 radical (unpaired) electrons. The number of amides is 1. The number of carbonyl (C=O) groups excluding carboxylic acids is 1. The first-order valence-corrected chi connectivity index (χ1v) is 9.39. The first-order chi connectivity index (χ1) is 11.7. The molecule has 2 saturated heterocycles. The molecule has 0 aromatic carbocycles. The van der Waals surface area contributed by atoms with Crippen molar-refractivity contribution in [3.63, 3.8) is 0 Å². The van der Waals surface area contributed by atoms with E-state index in [4.69, 9.17) is 0 Å². The predicted molar refractivity (Wildman–Crippen MR) is 93.0 cm³/mol. The van der Waals surface area contributed by atoms with Crippen molar-refractivity contribution in [2.45, 2.75) is 57.5 Å². The van der Waals surface area contributed by atoms with Gasteiger partial charge in [-0.3, -0.25) is 4.79 Å². The normalized spacial score (nSPS) is 23.3. The van der Waals surface area contributed by atoms with Crippen LogP contribution < -0.4 is 10.6 Å². The molecule has 1 atom stereocenters. The quantitative estimate of drug-likeness (QED) is 0.765. The summed E-state index contributed by atoms with van der Waals surface area (Å²) in [6.07, 6.45) is 8.80. The zero-order chi connectivity index (χ0) is 16.8. The number of nitrogens with one attached hydrogen (secondary N) is 2. The van der Waals surface area contributed by atoms with Gasteiger partial charge in [0, 0.05) is 19.1 Å². The van der Waals surface area contributed by atoms with Gasteiger partial charge in [0.2, 0.25) is 0 Å². The second kappa shape index (κ2) is 8.58. The lowest BCUT2D eigenvalue weighted by atomic mass is 10.0. The molecule has 1 unspecified atom stereocenters. The molecule has 1 amide bonds. The van der Waals surface area contributed by atoms with E-state index >= 15 is 0 Å². The van der Waals surface area contributed by atoms with Gasteiger partial charge in [-0.15, -0.1) is 5.10 Å². The van der Waals surface area contributed by atoms with Crippen LogP contribution in [0.15, 0.2) is 6.20 Å². The highest BCUT2D eigenvalue weighted by Crippen LogP contribution is 2.17. The number of piperidine rings is 2. The molecule has 0 aliphatic carbocycles. The number of carbonyl (C=O) groups is 1. The highest BCUT2D eigenvalue weighted by Gasteiger charge is 2.19. The molecule has 1 aromatic rings. The average molecular weight is 334 g/mol. The van der Waals surface area contributed by atoms with E-state index in [1.165, 1.54) is 25.8 Å². The monoisotopic (exact) mass is 334 g/mol. The average Bonchev–Trinajstić information content (AvgIpc) is 3.11. The van der Waals surface area contributed by atoms with Crippen molar-refractivity contribution in [1.82, 2.24) is 30.5 Å². The zero-order valence-corrected chi connectivity index (χ0v) is 14.7. The molecule has 7 heteroatoms. The molecule has 2 aliphatic heterocycles. The van der Waals surface area contributed by atoms with Gasteiger partial charge < -0.3 is 15.5 Å². The van der Waals surface area contributed by atoms with Crippen LogP contribution in [-0.2, 0) is 0 Å². The third-order valence-electron chi connectivity index (χ3n) is 5.27. The molecule has 2 fully saturated rings. The summed E-state index contributed by atoms with van der Waals surface area (Å²) >= 11 is 0. The van der Waals surface area contributed by atoms with E-state index in [1.807, 2.05) is 4.68 Å². The maximum absolute atomic E-state index is 12.2. The summed E-state index contributed by atoms with van der Waals surface area (Å²) in [6, 6.07) is 1.04. The Hall–Kier alpha value is -1.47.